The summed E-state index contributed by atoms with van der Waals surface area (Å²) in [6.45, 7) is 2.21. The average Bonchev–Trinajstić information content (AvgIpc) is 2.95. The van der Waals surface area contributed by atoms with Gasteiger partial charge < -0.3 is 0 Å². The minimum absolute atomic E-state index is 0.473. The zero-order chi connectivity index (χ0) is 10.7. The monoisotopic (exact) mass is 224 g/mol. The van der Waals surface area contributed by atoms with Gasteiger partial charge in [-0.15, -0.1) is 11.3 Å². The van der Waals surface area contributed by atoms with E-state index in [1.165, 1.54) is 29.0 Å². The van der Waals surface area contributed by atoms with E-state index in [4.69, 9.17) is 5.84 Å². The van der Waals surface area contributed by atoms with Gasteiger partial charge in [-0.3, -0.25) is 11.3 Å². The summed E-state index contributed by atoms with van der Waals surface area (Å²) in [6, 6.07) is 4.96. The van der Waals surface area contributed by atoms with Crippen molar-refractivity contribution in [2.45, 2.75) is 45.1 Å². The third-order valence-corrected chi connectivity index (χ3v) is 4.32. The molecule has 1 saturated carbocycles. The minimum Gasteiger partial charge on any atom is -0.271 e. The van der Waals surface area contributed by atoms with E-state index >= 15 is 0 Å². The maximum atomic E-state index is 5.59. The first kappa shape index (κ1) is 11.1. The first-order valence-electron chi connectivity index (χ1n) is 5.85. The van der Waals surface area contributed by atoms with Crippen molar-refractivity contribution in [2.24, 2.45) is 11.8 Å². The molecule has 2 rings (SSSR count). The van der Waals surface area contributed by atoms with E-state index in [1.807, 2.05) is 11.3 Å². The molecule has 3 heteroatoms. The normalized spacial score (nSPS) is 18.0. The Kier molecular flexibility index (Phi) is 3.78. The summed E-state index contributed by atoms with van der Waals surface area (Å²) in [5.41, 5.74) is 2.96. The third kappa shape index (κ3) is 3.30. The molecule has 0 amide bonds. The Morgan fingerprint density at radius 3 is 2.73 bits per heavy atom. The highest BCUT2D eigenvalue weighted by Crippen LogP contribution is 2.34. The highest BCUT2D eigenvalue weighted by Gasteiger charge is 2.25. The standard InChI is InChI=1S/C12H20N2S/c1-2-11-5-6-12(15-11)8-10(14-13)7-9-3-4-9/h5-6,9-10,14H,2-4,7-8,13H2,1H3. The van der Waals surface area contributed by atoms with Crippen LogP contribution in [0.3, 0.4) is 0 Å². The van der Waals surface area contributed by atoms with Crippen molar-refractivity contribution >= 4 is 11.3 Å². The smallest absolute Gasteiger partial charge is 0.0261 e. The zero-order valence-electron chi connectivity index (χ0n) is 9.33. The van der Waals surface area contributed by atoms with Crippen LogP contribution in [-0.4, -0.2) is 6.04 Å². The van der Waals surface area contributed by atoms with Gasteiger partial charge in [0.15, 0.2) is 0 Å². The van der Waals surface area contributed by atoms with Gasteiger partial charge in [0.05, 0.1) is 0 Å². The molecular weight excluding hydrogens is 204 g/mol. The van der Waals surface area contributed by atoms with Gasteiger partial charge >= 0.3 is 0 Å². The molecule has 15 heavy (non-hydrogen) atoms. The molecule has 0 aromatic carbocycles. The van der Waals surface area contributed by atoms with Crippen LogP contribution in [0, 0.1) is 5.92 Å². The zero-order valence-corrected chi connectivity index (χ0v) is 10.1. The summed E-state index contributed by atoms with van der Waals surface area (Å²) in [7, 11) is 0. The number of aryl methyl sites for hydroxylation is 1. The van der Waals surface area contributed by atoms with Gasteiger partial charge in [0, 0.05) is 15.8 Å². The van der Waals surface area contributed by atoms with Crippen LogP contribution < -0.4 is 11.3 Å². The molecule has 0 spiro atoms. The molecule has 1 heterocycles. The molecule has 0 radical (unpaired) electrons. The summed E-state index contributed by atoms with van der Waals surface area (Å²) in [4.78, 5) is 2.95. The summed E-state index contributed by atoms with van der Waals surface area (Å²) < 4.78 is 0. The molecule has 1 aromatic heterocycles. The number of nitrogens with two attached hydrogens (primary N) is 1. The molecule has 1 atom stereocenters. The molecule has 0 bridgehead atoms. The fourth-order valence-corrected chi connectivity index (χ4v) is 2.97. The number of rotatable bonds is 6. The van der Waals surface area contributed by atoms with Gasteiger partial charge in [-0.2, -0.15) is 0 Å². The Bertz CT molecular complexity index is 304. The lowest BCUT2D eigenvalue weighted by Gasteiger charge is -2.13. The van der Waals surface area contributed by atoms with Crippen LogP contribution in [-0.2, 0) is 12.8 Å². The van der Waals surface area contributed by atoms with Gasteiger partial charge in [0.2, 0.25) is 0 Å². The van der Waals surface area contributed by atoms with Gasteiger partial charge in [0.25, 0.3) is 0 Å². The molecule has 0 saturated heterocycles. The van der Waals surface area contributed by atoms with Crippen LogP contribution in [0.25, 0.3) is 0 Å². The maximum Gasteiger partial charge on any atom is 0.0261 e. The number of nitrogens with one attached hydrogen (secondary N) is 1. The lowest BCUT2D eigenvalue weighted by molar-refractivity contribution is 0.468. The molecule has 1 aliphatic carbocycles. The number of hydrogen-bond donors (Lipinski definition) is 2. The summed E-state index contributed by atoms with van der Waals surface area (Å²) in [5, 5.41) is 0. The Morgan fingerprint density at radius 2 is 2.20 bits per heavy atom. The Hall–Kier alpha value is -0.380. The largest absolute Gasteiger partial charge is 0.271 e. The Labute approximate surface area is 95.8 Å². The second-order valence-corrected chi connectivity index (χ2v) is 5.72. The second kappa shape index (κ2) is 5.10. The number of thiophene rings is 1. The van der Waals surface area contributed by atoms with Crippen LogP contribution in [0.2, 0.25) is 0 Å². The molecule has 3 N–H and O–H groups in total. The molecule has 1 aliphatic rings. The fraction of sp³-hybridized carbons (Fsp3) is 0.667. The van der Waals surface area contributed by atoms with Crippen LogP contribution in [0.4, 0.5) is 0 Å². The van der Waals surface area contributed by atoms with E-state index in [-0.39, 0.29) is 0 Å². The molecular formula is C12H20N2S. The minimum atomic E-state index is 0.473. The highest BCUT2D eigenvalue weighted by molar-refractivity contribution is 7.11. The van der Waals surface area contributed by atoms with Gasteiger partial charge in [-0.1, -0.05) is 19.8 Å². The summed E-state index contributed by atoms with van der Waals surface area (Å²) >= 11 is 1.93. The fourth-order valence-electron chi connectivity index (χ4n) is 1.93. The van der Waals surface area contributed by atoms with Crippen molar-refractivity contribution in [1.29, 1.82) is 0 Å². The van der Waals surface area contributed by atoms with E-state index < -0.39 is 0 Å². The topological polar surface area (TPSA) is 38.0 Å². The van der Waals surface area contributed by atoms with Crippen molar-refractivity contribution in [3.05, 3.63) is 21.9 Å². The van der Waals surface area contributed by atoms with Crippen LogP contribution in [0.15, 0.2) is 12.1 Å². The van der Waals surface area contributed by atoms with Crippen molar-refractivity contribution in [1.82, 2.24) is 5.43 Å². The van der Waals surface area contributed by atoms with Crippen molar-refractivity contribution in [3.63, 3.8) is 0 Å². The van der Waals surface area contributed by atoms with E-state index in [2.05, 4.69) is 24.5 Å². The van der Waals surface area contributed by atoms with Gasteiger partial charge in [-0.25, -0.2) is 0 Å². The van der Waals surface area contributed by atoms with E-state index in [0.717, 1.165) is 18.8 Å². The first-order chi connectivity index (χ1) is 7.31. The average molecular weight is 224 g/mol. The number of hydrogen-bond acceptors (Lipinski definition) is 3. The molecule has 84 valence electrons. The van der Waals surface area contributed by atoms with Crippen molar-refractivity contribution in [2.75, 3.05) is 0 Å². The molecule has 2 nitrogen and oxygen atoms in total. The van der Waals surface area contributed by atoms with E-state index in [9.17, 15) is 0 Å². The second-order valence-electron chi connectivity index (χ2n) is 4.47. The van der Waals surface area contributed by atoms with Gasteiger partial charge in [-0.05, 0) is 37.3 Å². The van der Waals surface area contributed by atoms with E-state index in [1.54, 1.807) is 0 Å². The van der Waals surface area contributed by atoms with Crippen LogP contribution in [0.1, 0.15) is 35.9 Å². The summed E-state index contributed by atoms with van der Waals surface area (Å²) in [6.07, 6.45) is 6.30. The SMILES string of the molecule is CCc1ccc(CC(CC2CC2)NN)s1. The lowest BCUT2D eigenvalue weighted by atomic mass is 10.1. The molecule has 1 aromatic rings. The molecule has 1 fully saturated rings. The van der Waals surface area contributed by atoms with Crippen molar-refractivity contribution < 1.29 is 0 Å². The maximum absolute atomic E-state index is 5.59. The Balaban J connectivity index is 1.86. The van der Waals surface area contributed by atoms with Crippen LogP contribution >= 0.6 is 11.3 Å². The predicted molar refractivity (Wildman–Crippen MR) is 65.9 cm³/mol. The molecule has 0 aliphatic heterocycles. The summed E-state index contributed by atoms with van der Waals surface area (Å²) in [5.74, 6) is 6.53. The van der Waals surface area contributed by atoms with Crippen molar-refractivity contribution in [3.8, 4) is 0 Å². The third-order valence-electron chi connectivity index (χ3n) is 3.06. The Morgan fingerprint density at radius 1 is 1.47 bits per heavy atom. The van der Waals surface area contributed by atoms with E-state index in [0.29, 0.717) is 6.04 Å². The quantitative estimate of drug-likeness (QED) is 0.575. The molecule has 1 unspecified atom stereocenters. The first-order valence-corrected chi connectivity index (χ1v) is 6.67. The predicted octanol–water partition coefficient (Wildman–Crippen LogP) is 2.48. The van der Waals surface area contributed by atoms with Gasteiger partial charge in [0.1, 0.15) is 0 Å². The number of hydrazine groups is 1. The van der Waals surface area contributed by atoms with Crippen LogP contribution in [0.5, 0.6) is 0 Å². The highest BCUT2D eigenvalue weighted by atomic mass is 32.1. The lowest BCUT2D eigenvalue weighted by Crippen LogP contribution is -2.36.